The minimum absolute atomic E-state index is 0.337. The maximum Gasteiger partial charge on any atom is 0.172 e. The van der Waals surface area contributed by atoms with Crippen LogP contribution in [-0.4, -0.2) is 10.1 Å². The molecule has 1 aromatic carbocycles. The molecule has 15 heavy (non-hydrogen) atoms. The average Bonchev–Trinajstić information content (AvgIpc) is 2.23. The van der Waals surface area contributed by atoms with Gasteiger partial charge in [0.2, 0.25) is 0 Å². The lowest BCUT2D eigenvalue weighted by Crippen LogP contribution is -1.90. The van der Waals surface area contributed by atoms with Crippen molar-refractivity contribution in [2.24, 2.45) is 0 Å². The van der Waals surface area contributed by atoms with Crippen LogP contribution in [0.3, 0.4) is 0 Å². The van der Waals surface area contributed by atoms with Gasteiger partial charge in [0, 0.05) is 23.0 Å². The monoisotopic (exact) mass is 203 g/mol. The molecule has 1 N–H and O–H groups in total. The highest BCUT2D eigenvalue weighted by atomic mass is 19.1. The first-order valence-electron chi connectivity index (χ1n) is 4.59. The zero-order valence-corrected chi connectivity index (χ0v) is 8.24. The maximum absolute atomic E-state index is 13.6. The van der Waals surface area contributed by atoms with Crippen LogP contribution in [0.15, 0.2) is 36.5 Å². The zero-order chi connectivity index (χ0) is 10.8. The van der Waals surface area contributed by atoms with Crippen molar-refractivity contribution in [3.8, 4) is 16.9 Å². The van der Waals surface area contributed by atoms with Crippen LogP contribution in [0.25, 0.3) is 11.1 Å². The summed E-state index contributed by atoms with van der Waals surface area (Å²) in [5.74, 6) is -0.940. The summed E-state index contributed by atoms with van der Waals surface area (Å²) >= 11 is 0. The van der Waals surface area contributed by atoms with Crippen LogP contribution in [-0.2, 0) is 0 Å². The lowest BCUT2D eigenvalue weighted by molar-refractivity contribution is 0.433. The first-order chi connectivity index (χ1) is 7.20. The number of pyridine rings is 1. The molecule has 0 radical (unpaired) electrons. The number of hydrogen-bond donors (Lipinski definition) is 1. The predicted molar refractivity (Wildman–Crippen MR) is 56.0 cm³/mol. The van der Waals surface area contributed by atoms with E-state index in [-0.39, 0.29) is 5.75 Å². The van der Waals surface area contributed by atoms with Gasteiger partial charge in [-0.15, -0.1) is 0 Å². The van der Waals surface area contributed by atoms with Crippen molar-refractivity contribution in [3.63, 3.8) is 0 Å². The summed E-state index contributed by atoms with van der Waals surface area (Å²) in [6.07, 6.45) is 1.65. The number of halogens is 1. The number of benzene rings is 1. The van der Waals surface area contributed by atoms with Gasteiger partial charge in [0.1, 0.15) is 0 Å². The van der Waals surface area contributed by atoms with Gasteiger partial charge in [0.15, 0.2) is 11.6 Å². The third-order valence-corrected chi connectivity index (χ3v) is 2.28. The molecule has 2 rings (SSSR count). The quantitative estimate of drug-likeness (QED) is 0.773. The van der Waals surface area contributed by atoms with Gasteiger partial charge in [-0.2, -0.15) is 0 Å². The van der Waals surface area contributed by atoms with Gasteiger partial charge in [-0.25, -0.2) is 4.39 Å². The topological polar surface area (TPSA) is 33.1 Å². The molecule has 0 unspecified atom stereocenters. The molecular formula is C12H10FNO. The smallest absolute Gasteiger partial charge is 0.172 e. The number of phenols is 1. The Morgan fingerprint density at radius 3 is 2.60 bits per heavy atom. The predicted octanol–water partition coefficient (Wildman–Crippen LogP) is 2.90. The first-order valence-corrected chi connectivity index (χ1v) is 4.59. The third kappa shape index (κ3) is 1.68. The van der Waals surface area contributed by atoms with E-state index in [2.05, 4.69) is 4.98 Å². The van der Waals surface area contributed by atoms with Crippen molar-refractivity contribution in [2.75, 3.05) is 0 Å². The first kappa shape index (κ1) is 9.65. The van der Waals surface area contributed by atoms with Gasteiger partial charge in [0.25, 0.3) is 0 Å². The number of aryl methyl sites for hydroxylation is 1. The number of phenolic OH excluding ortho intramolecular Hbond substituents is 1. The van der Waals surface area contributed by atoms with Crippen LogP contribution < -0.4 is 0 Å². The van der Waals surface area contributed by atoms with Crippen LogP contribution in [0.1, 0.15) is 5.69 Å². The summed E-state index contributed by atoms with van der Waals surface area (Å²) in [5, 5.41) is 9.26. The Morgan fingerprint density at radius 1 is 1.13 bits per heavy atom. The maximum atomic E-state index is 13.6. The molecule has 0 aliphatic rings. The Morgan fingerprint density at radius 2 is 1.87 bits per heavy atom. The second-order valence-electron chi connectivity index (χ2n) is 3.28. The normalized spacial score (nSPS) is 10.3. The van der Waals surface area contributed by atoms with E-state index in [0.717, 1.165) is 5.69 Å². The Labute approximate surface area is 87.0 Å². The molecule has 0 aliphatic heterocycles. The number of nitrogens with zero attached hydrogens (tertiary/aromatic N) is 1. The van der Waals surface area contributed by atoms with Crippen molar-refractivity contribution in [2.45, 2.75) is 6.92 Å². The van der Waals surface area contributed by atoms with Gasteiger partial charge in [-0.1, -0.05) is 18.2 Å². The second-order valence-corrected chi connectivity index (χ2v) is 3.28. The molecule has 0 fully saturated rings. The Balaban J connectivity index is 2.65. The molecule has 0 amide bonds. The number of aromatic nitrogens is 1. The SMILES string of the molecule is Cc1ncccc1-c1cccc(O)c1F. The van der Waals surface area contributed by atoms with Crippen molar-refractivity contribution in [3.05, 3.63) is 48.0 Å². The molecule has 0 atom stereocenters. The van der Waals surface area contributed by atoms with Crippen LogP contribution >= 0.6 is 0 Å². The minimum atomic E-state index is -0.603. The van der Waals surface area contributed by atoms with Crippen LogP contribution in [0.2, 0.25) is 0 Å². The van der Waals surface area contributed by atoms with E-state index < -0.39 is 5.82 Å². The third-order valence-electron chi connectivity index (χ3n) is 2.28. The van der Waals surface area contributed by atoms with Gasteiger partial charge < -0.3 is 5.11 Å². The Kier molecular flexibility index (Phi) is 2.37. The summed E-state index contributed by atoms with van der Waals surface area (Å²) in [6.45, 7) is 1.80. The fourth-order valence-electron chi connectivity index (χ4n) is 1.50. The highest BCUT2D eigenvalue weighted by Gasteiger charge is 2.10. The van der Waals surface area contributed by atoms with E-state index in [1.807, 2.05) is 0 Å². The van der Waals surface area contributed by atoms with Crippen LogP contribution in [0, 0.1) is 12.7 Å². The van der Waals surface area contributed by atoms with Crippen molar-refractivity contribution in [1.82, 2.24) is 4.98 Å². The Hall–Kier alpha value is -1.90. The largest absolute Gasteiger partial charge is 0.505 e. The summed E-state index contributed by atoms with van der Waals surface area (Å²) in [4.78, 5) is 4.08. The summed E-state index contributed by atoms with van der Waals surface area (Å²) < 4.78 is 13.6. The fraction of sp³-hybridized carbons (Fsp3) is 0.0833. The molecule has 1 heterocycles. The lowest BCUT2D eigenvalue weighted by atomic mass is 10.0. The van der Waals surface area contributed by atoms with Crippen molar-refractivity contribution in [1.29, 1.82) is 0 Å². The zero-order valence-electron chi connectivity index (χ0n) is 8.24. The highest BCUT2D eigenvalue weighted by Crippen LogP contribution is 2.29. The molecule has 1 aromatic heterocycles. The fourth-order valence-corrected chi connectivity index (χ4v) is 1.50. The van der Waals surface area contributed by atoms with Gasteiger partial charge in [-0.05, 0) is 19.1 Å². The highest BCUT2D eigenvalue weighted by molar-refractivity contribution is 5.67. The average molecular weight is 203 g/mol. The van der Waals surface area contributed by atoms with Gasteiger partial charge in [-0.3, -0.25) is 4.98 Å². The van der Waals surface area contributed by atoms with E-state index in [1.54, 1.807) is 37.4 Å². The molecular weight excluding hydrogens is 193 g/mol. The molecule has 3 heteroatoms. The summed E-state index contributed by atoms with van der Waals surface area (Å²) in [6, 6.07) is 8.08. The van der Waals surface area contributed by atoms with Gasteiger partial charge in [0.05, 0.1) is 0 Å². The summed E-state index contributed by atoms with van der Waals surface area (Å²) in [5.41, 5.74) is 1.81. The molecule has 76 valence electrons. The van der Waals surface area contributed by atoms with E-state index in [1.165, 1.54) is 6.07 Å². The number of rotatable bonds is 1. The van der Waals surface area contributed by atoms with E-state index in [0.29, 0.717) is 11.1 Å². The van der Waals surface area contributed by atoms with Gasteiger partial charge >= 0.3 is 0 Å². The molecule has 0 bridgehead atoms. The molecule has 2 nitrogen and oxygen atoms in total. The van der Waals surface area contributed by atoms with E-state index >= 15 is 0 Å². The standard InChI is InChI=1S/C12H10FNO/c1-8-9(5-3-7-14-8)10-4-2-6-11(15)12(10)13/h2-7,15H,1H3. The Bertz CT molecular complexity index is 497. The van der Waals surface area contributed by atoms with E-state index in [4.69, 9.17) is 0 Å². The minimum Gasteiger partial charge on any atom is -0.505 e. The lowest BCUT2D eigenvalue weighted by Gasteiger charge is -2.06. The van der Waals surface area contributed by atoms with Crippen LogP contribution in [0.4, 0.5) is 4.39 Å². The number of aromatic hydroxyl groups is 1. The van der Waals surface area contributed by atoms with Crippen molar-refractivity contribution >= 4 is 0 Å². The summed E-state index contributed by atoms with van der Waals surface area (Å²) in [7, 11) is 0. The van der Waals surface area contributed by atoms with E-state index in [9.17, 15) is 9.50 Å². The molecule has 0 saturated carbocycles. The molecule has 0 saturated heterocycles. The van der Waals surface area contributed by atoms with Crippen LogP contribution in [0.5, 0.6) is 5.75 Å². The van der Waals surface area contributed by atoms with Crippen molar-refractivity contribution < 1.29 is 9.50 Å². The molecule has 2 aromatic rings. The molecule has 0 spiro atoms. The second kappa shape index (κ2) is 3.69. The number of hydrogen-bond acceptors (Lipinski definition) is 2. The molecule has 0 aliphatic carbocycles.